The molecule has 0 heterocycles. The van der Waals surface area contributed by atoms with Crippen molar-refractivity contribution in [2.24, 2.45) is 0 Å². The van der Waals surface area contributed by atoms with E-state index in [-0.39, 0.29) is 19.1 Å². The van der Waals surface area contributed by atoms with Crippen molar-refractivity contribution in [3.05, 3.63) is 48.6 Å². The number of rotatable bonds is 57. The molecule has 0 fully saturated rings. The standard InChI is InChI=1S/C63H121N2O6P/c1-6-8-10-12-14-16-18-20-22-24-26-27-28-29-30-31-32-33-34-35-36-37-38-39-40-42-44-46-48-50-52-54-56-62(66)61(60-71-72(68,69)70-59-58-65(3,4)5)64-63(67)57-55-53-51-49-47-45-43-41-25-23-21-19-17-15-13-11-9-7-2/h23,25,39-40,46,48,54,56,61-62,66H,6-22,24,26-38,41-45,47,49-53,55,57-60H2,1-5H3,(H-,64,67,68,69)/p+1/b25-23-,40-39+,48-46+,56-54+. The quantitative estimate of drug-likeness (QED) is 0.0243. The molecule has 72 heavy (non-hydrogen) atoms. The highest BCUT2D eigenvalue weighted by Gasteiger charge is 2.27. The monoisotopic (exact) mass is 1030 g/mol. The van der Waals surface area contributed by atoms with E-state index >= 15 is 0 Å². The Morgan fingerprint density at radius 1 is 0.458 bits per heavy atom. The number of unbranched alkanes of at least 4 members (excludes halogenated alkanes) is 38. The van der Waals surface area contributed by atoms with Crippen molar-refractivity contribution in [1.29, 1.82) is 0 Å². The number of nitrogens with one attached hydrogen (secondary N) is 1. The lowest BCUT2D eigenvalue weighted by Gasteiger charge is -2.25. The number of phosphoric acid groups is 1. The van der Waals surface area contributed by atoms with Crippen molar-refractivity contribution in [3.8, 4) is 0 Å². The van der Waals surface area contributed by atoms with E-state index in [0.717, 1.165) is 44.9 Å². The normalized spacial score (nSPS) is 14.2. The van der Waals surface area contributed by atoms with E-state index in [0.29, 0.717) is 17.4 Å². The molecule has 0 aliphatic carbocycles. The molecule has 0 rings (SSSR count). The summed E-state index contributed by atoms with van der Waals surface area (Å²) < 4.78 is 23.7. The summed E-state index contributed by atoms with van der Waals surface area (Å²) in [6.07, 6.45) is 72.4. The number of nitrogens with zero attached hydrogens (tertiary/aromatic N) is 1. The third-order valence-corrected chi connectivity index (χ3v) is 15.0. The van der Waals surface area contributed by atoms with Gasteiger partial charge in [0.15, 0.2) is 0 Å². The zero-order chi connectivity index (χ0) is 52.7. The van der Waals surface area contributed by atoms with Crippen LogP contribution >= 0.6 is 7.82 Å². The van der Waals surface area contributed by atoms with Crippen molar-refractivity contribution >= 4 is 13.7 Å². The molecule has 424 valence electrons. The third-order valence-electron chi connectivity index (χ3n) is 14.0. The number of carbonyl (C=O) groups is 1. The number of carbonyl (C=O) groups excluding carboxylic acids is 1. The first kappa shape index (κ1) is 70.5. The molecule has 0 bridgehead atoms. The Kier molecular flexibility index (Phi) is 53.1. The second kappa shape index (κ2) is 54.3. The van der Waals surface area contributed by atoms with Gasteiger partial charge >= 0.3 is 7.82 Å². The SMILES string of the molecule is CCCCCCCCC/C=C\CCCCCCCCCC(=O)NC(COP(=O)(O)OCC[N+](C)(C)C)C(O)/C=C/CC/C=C/CC/C=C/CCCCCCCCCCCCCCCCCCCCCCCC. The maximum Gasteiger partial charge on any atom is 0.472 e. The number of phosphoric ester groups is 1. The van der Waals surface area contributed by atoms with Gasteiger partial charge in [-0.1, -0.05) is 268 Å². The van der Waals surface area contributed by atoms with Gasteiger partial charge in [-0.05, 0) is 70.6 Å². The molecule has 0 saturated heterocycles. The lowest BCUT2D eigenvalue weighted by Crippen LogP contribution is -2.45. The van der Waals surface area contributed by atoms with Crippen LogP contribution in [0.3, 0.4) is 0 Å². The highest BCUT2D eigenvalue weighted by molar-refractivity contribution is 7.47. The first-order chi connectivity index (χ1) is 35.0. The first-order valence-electron chi connectivity index (χ1n) is 31.0. The number of aliphatic hydroxyl groups excluding tert-OH is 1. The van der Waals surface area contributed by atoms with Gasteiger partial charge in [0, 0.05) is 6.42 Å². The van der Waals surface area contributed by atoms with Gasteiger partial charge in [-0.15, -0.1) is 0 Å². The summed E-state index contributed by atoms with van der Waals surface area (Å²) in [6, 6.07) is -0.874. The van der Waals surface area contributed by atoms with Crippen molar-refractivity contribution in [2.75, 3.05) is 40.9 Å². The smallest absolute Gasteiger partial charge is 0.387 e. The molecule has 0 spiro atoms. The molecule has 9 heteroatoms. The van der Waals surface area contributed by atoms with Crippen LogP contribution in [0.25, 0.3) is 0 Å². The molecule has 0 saturated carbocycles. The second-order valence-electron chi connectivity index (χ2n) is 22.4. The average molecular weight is 1030 g/mol. The van der Waals surface area contributed by atoms with E-state index < -0.39 is 20.0 Å². The van der Waals surface area contributed by atoms with Crippen molar-refractivity contribution < 1.29 is 32.9 Å². The van der Waals surface area contributed by atoms with Gasteiger partial charge in [-0.3, -0.25) is 13.8 Å². The fourth-order valence-electron chi connectivity index (χ4n) is 9.13. The highest BCUT2D eigenvalue weighted by Crippen LogP contribution is 2.43. The van der Waals surface area contributed by atoms with E-state index in [1.807, 2.05) is 27.2 Å². The van der Waals surface area contributed by atoms with Crippen molar-refractivity contribution in [3.63, 3.8) is 0 Å². The van der Waals surface area contributed by atoms with Gasteiger partial charge < -0.3 is 19.8 Å². The molecule has 1 amide bonds. The van der Waals surface area contributed by atoms with Crippen molar-refractivity contribution in [1.82, 2.24) is 5.32 Å². The van der Waals surface area contributed by atoms with Crippen LogP contribution in [0.5, 0.6) is 0 Å². The predicted octanol–water partition coefficient (Wildman–Crippen LogP) is 19.1. The Labute approximate surface area is 448 Å². The van der Waals surface area contributed by atoms with Gasteiger partial charge in [0.1, 0.15) is 13.2 Å². The van der Waals surface area contributed by atoms with Crippen LogP contribution < -0.4 is 5.32 Å². The van der Waals surface area contributed by atoms with Crippen LogP contribution in [0.15, 0.2) is 48.6 Å². The molecule has 8 nitrogen and oxygen atoms in total. The average Bonchev–Trinajstić information content (AvgIpc) is 3.34. The van der Waals surface area contributed by atoms with Crippen LogP contribution in [-0.2, 0) is 18.4 Å². The fraction of sp³-hybridized carbons (Fsp3) is 0.857. The predicted molar refractivity (Wildman–Crippen MR) is 314 cm³/mol. The number of hydrogen-bond donors (Lipinski definition) is 3. The number of allylic oxidation sites excluding steroid dienone is 7. The van der Waals surface area contributed by atoms with Gasteiger partial charge in [0.25, 0.3) is 0 Å². The summed E-state index contributed by atoms with van der Waals surface area (Å²) in [5, 5.41) is 13.9. The first-order valence-corrected chi connectivity index (χ1v) is 32.5. The van der Waals surface area contributed by atoms with Gasteiger partial charge in [-0.2, -0.15) is 0 Å². The largest absolute Gasteiger partial charge is 0.472 e. The Morgan fingerprint density at radius 3 is 1.11 bits per heavy atom. The number of hydrogen-bond acceptors (Lipinski definition) is 5. The third kappa shape index (κ3) is 56.2. The molecule has 0 aromatic heterocycles. The van der Waals surface area contributed by atoms with Crippen LogP contribution in [-0.4, -0.2) is 73.4 Å². The fourth-order valence-corrected chi connectivity index (χ4v) is 9.87. The molecule has 0 aromatic carbocycles. The van der Waals surface area contributed by atoms with E-state index in [2.05, 4.69) is 55.6 Å². The molecular formula is C63H122N2O6P+. The Balaban J connectivity index is 4.18. The molecule has 3 N–H and O–H groups in total. The second-order valence-corrected chi connectivity index (χ2v) is 23.9. The number of aliphatic hydroxyl groups is 1. The Bertz CT molecular complexity index is 1310. The van der Waals surface area contributed by atoms with E-state index in [1.54, 1.807) is 6.08 Å². The zero-order valence-corrected chi connectivity index (χ0v) is 49.3. The van der Waals surface area contributed by atoms with Gasteiger partial charge in [0.2, 0.25) is 5.91 Å². The maximum atomic E-state index is 13.0. The number of likely N-dealkylation sites (N-methyl/N-ethyl adjacent to an activating group) is 1. The molecule has 3 atom stereocenters. The summed E-state index contributed by atoms with van der Waals surface area (Å²) in [4.78, 5) is 23.3. The van der Waals surface area contributed by atoms with Crippen LogP contribution in [0.2, 0.25) is 0 Å². The summed E-state index contributed by atoms with van der Waals surface area (Å²) in [5.41, 5.74) is 0. The summed E-state index contributed by atoms with van der Waals surface area (Å²) in [7, 11) is 1.55. The van der Waals surface area contributed by atoms with Crippen molar-refractivity contribution in [2.45, 2.75) is 309 Å². The van der Waals surface area contributed by atoms with E-state index in [4.69, 9.17) is 9.05 Å². The van der Waals surface area contributed by atoms with Crippen LogP contribution in [0, 0.1) is 0 Å². The molecular weight excluding hydrogens is 912 g/mol. The van der Waals surface area contributed by atoms with E-state index in [9.17, 15) is 19.4 Å². The Morgan fingerprint density at radius 2 is 0.764 bits per heavy atom. The minimum Gasteiger partial charge on any atom is -0.387 e. The summed E-state index contributed by atoms with van der Waals surface area (Å²) in [6.45, 7) is 4.81. The summed E-state index contributed by atoms with van der Waals surface area (Å²) in [5.74, 6) is -0.193. The minimum absolute atomic E-state index is 0.0523. The minimum atomic E-state index is -4.36. The lowest BCUT2D eigenvalue weighted by atomic mass is 10.0. The number of amides is 1. The molecule has 0 radical (unpaired) electrons. The molecule has 0 aliphatic heterocycles. The zero-order valence-electron chi connectivity index (χ0n) is 48.4. The van der Waals surface area contributed by atoms with Crippen LogP contribution in [0.4, 0.5) is 0 Å². The molecule has 0 aliphatic rings. The van der Waals surface area contributed by atoms with Crippen LogP contribution in [0.1, 0.15) is 296 Å². The highest BCUT2D eigenvalue weighted by atomic mass is 31.2. The van der Waals surface area contributed by atoms with E-state index in [1.165, 1.54) is 231 Å². The maximum absolute atomic E-state index is 13.0. The molecule has 3 unspecified atom stereocenters. The molecule has 0 aromatic rings. The number of quaternary nitrogens is 1. The summed E-state index contributed by atoms with van der Waals surface area (Å²) >= 11 is 0. The van der Waals surface area contributed by atoms with Gasteiger partial charge in [-0.25, -0.2) is 4.57 Å². The Hall–Kier alpha value is -1.54. The lowest BCUT2D eigenvalue weighted by molar-refractivity contribution is -0.870. The van der Waals surface area contributed by atoms with Gasteiger partial charge in [0.05, 0.1) is 39.9 Å². The topological polar surface area (TPSA) is 105 Å².